The number of hydrogen-bond donors (Lipinski definition) is 2. The third-order valence-corrected chi connectivity index (χ3v) is 4.29. The van der Waals surface area contributed by atoms with Gasteiger partial charge in [-0.3, -0.25) is 9.59 Å². The SMILES string of the molecule is O=C(CC(=O)NC1CCCCCC1)Nc1ccc(Cl)cc1Cl. The van der Waals surface area contributed by atoms with E-state index in [1.165, 1.54) is 12.8 Å². The number of halogens is 2. The molecule has 1 aliphatic carbocycles. The smallest absolute Gasteiger partial charge is 0.233 e. The molecule has 120 valence electrons. The third kappa shape index (κ3) is 5.50. The molecule has 0 saturated heterocycles. The maximum Gasteiger partial charge on any atom is 0.233 e. The molecule has 2 N–H and O–H groups in total. The van der Waals surface area contributed by atoms with Crippen molar-refractivity contribution in [1.82, 2.24) is 5.32 Å². The van der Waals surface area contributed by atoms with Gasteiger partial charge in [-0.15, -0.1) is 0 Å². The van der Waals surface area contributed by atoms with Crippen LogP contribution in [0.1, 0.15) is 44.9 Å². The van der Waals surface area contributed by atoms with E-state index < -0.39 is 0 Å². The molecule has 0 bridgehead atoms. The van der Waals surface area contributed by atoms with Crippen LogP contribution >= 0.6 is 23.2 Å². The first kappa shape index (κ1) is 17.1. The molecule has 4 nitrogen and oxygen atoms in total. The molecule has 0 aromatic heterocycles. The Morgan fingerprint density at radius 1 is 1.05 bits per heavy atom. The molecule has 1 aromatic rings. The van der Waals surface area contributed by atoms with Crippen LogP contribution < -0.4 is 10.6 Å². The zero-order valence-corrected chi connectivity index (χ0v) is 13.8. The van der Waals surface area contributed by atoms with Gasteiger partial charge in [0, 0.05) is 11.1 Å². The van der Waals surface area contributed by atoms with Crippen molar-refractivity contribution >= 4 is 40.7 Å². The number of carbonyl (C=O) groups is 2. The van der Waals surface area contributed by atoms with Gasteiger partial charge in [0.2, 0.25) is 11.8 Å². The predicted octanol–water partition coefficient (Wildman–Crippen LogP) is 4.16. The molecule has 0 spiro atoms. The van der Waals surface area contributed by atoms with Crippen molar-refractivity contribution in [2.45, 2.75) is 51.0 Å². The van der Waals surface area contributed by atoms with Crippen LogP contribution in [0.15, 0.2) is 18.2 Å². The summed E-state index contributed by atoms with van der Waals surface area (Å²) in [7, 11) is 0. The van der Waals surface area contributed by atoms with Crippen molar-refractivity contribution in [2.75, 3.05) is 5.32 Å². The molecule has 6 heteroatoms. The Bertz CT molecular complexity index is 541. The minimum atomic E-state index is -0.379. The largest absolute Gasteiger partial charge is 0.353 e. The van der Waals surface area contributed by atoms with E-state index in [-0.39, 0.29) is 24.3 Å². The van der Waals surface area contributed by atoms with E-state index in [9.17, 15) is 9.59 Å². The molecule has 1 fully saturated rings. The molecule has 0 radical (unpaired) electrons. The third-order valence-electron chi connectivity index (χ3n) is 3.75. The maximum absolute atomic E-state index is 11.9. The van der Waals surface area contributed by atoms with Crippen molar-refractivity contribution in [1.29, 1.82) is 0 Å². The fourth-order valence-corrected chi connectivity index (χ4v) is 3.09. The quantitative estimate of drug-likeness (QED) is 0.637. The molecule has 2 rings (SSSR count). The normalized spacial score (nSPS) is 15.9. The van der Waals surface area contributed by atoms with Crippen molar-refractivity contribution in [3.05, 3.63) is 28.2 Å². The van der Waals surface area contributed by atoms with Crippen molar-refractivity contribution in [2.24, 2.45) is 0 Å². The maximum atomic E-state index is 11.9. The van der Waals surface area contributed by atoms with Crippen LogP contribution in [-0.2, 0) is 9.59 Å². The van der Waals surface area contributed by atoms with Gasteiger partial charge in [-0.25, -0.2) is 0 Å². The van der Waals surface area contributed by atoms with Gasteiger partial charge >= 0.3 is 0 Å². The Balaban J connectivity index is 1.81. The summed E-state index contributed by atoms with van der Waals surface area (Å²) < 4.78 is 0. The monoisotopic (exact) mass is 342 g/mol. The van der Waals surface area contributed by atoms with E-state index in [0.29, 0.717) is 15.7 Å². The Hall–Kier alpha value is -1.26. The summed E-state index contributed by atoms with van der Waals surface area (Å²) in [6, 6.07) is 4.99. The van der Waals surface area contributed by atoms with Gasteiger partial charge in [0.05, 0.1) is 10.7 Å². The number of rotatable bonds is 4. The Kier molecular flexibility index (Phi) is 6.52. The summed E-state index contributed by atoms with van der Waals surface area (Å²) in [6.45, 7) is 0. The number of anilines is 1. The Morgan fingerprint density at radius 2 is 1.73 bits per heavy atom. The van der Waals surface area contributed by atoms with Gasteiger partial charge in [0.25, 0.3) is 0 Å². The molecular weight excluding hydrogens is 323 g/mol. The highest BCUT2D eigenvalue weighted by Gasteiger charge is 2.17. The van der Waals surface area contributed by atoms with Crippen molar-refractivity contribution in [3.63, 3.8) is 0 Å². The van der Waals surface area contributed by atoms with E-state index >= 15 is 0 Å². The molecule has 0 unspecified atom stereocenters. The molecule has 1 aromatic carbocycles. The number of hydrogen-bond acceptors (Lipinski definition) is 2. The van der Waals surface area contributed by atoms with Crippen LogP contribution in [-0.4, -0.2) is 17.9 Å². The van der Waals surface area contributed by atoms with E-state index in [1.54, 1.807) is 18.2 Å². The molecule has 1 saturated carbocycles. The lowest BCUT2D eigenvalue weighted by molar-refractivity contribution is -0.127. The van der Waals surface area contributed by atoms with Crippen molar-refractivity contribution < 1.29 is 9.59 Å². The van der Waals surface area contributed by atoms with Crippen LogP contribution in [0.5, 0.6) is 0 Å². The Labute approximate surface area is 140 Å². The van der Waals surface area contributed by atoms with Gasteiger partial charge < -0.3 is 10.6 Å². The number of nitrogens with one attached hydrogen (secondary N) is 2. The van der Waals surface area contributed by atoms with Gasteiger partial charge in [-0.2, -0.15) is 0 Å². The summed E-state index contributed by atoms with van der Waals surface area (Å²) in [4.78, 5) is 23.8. The fourth-order valence-electron chi connectivity index (χ4n) is 2.63. The van der Waals surface area contributed by atoms with E-state index in [2.05, 4.69) is 10.6 Å². The summed E-state index contributed by atoms with van der Waals surface area (Å²) in [5, 5.41) is 6.42. The van der Waals surface area contributed by atoms with Crippen LogP contribution in [0, 0.1) is 0 Å². The minimum Gasteiger partial charge on any atom is -0.353 e. The zero-order valence-electron chi connectivity index (χ0n) is 12.3. The van der Waals surface area contributed by atoms with Crippen LogP contribution in [0.25, 0.3) is 0 Å². The molecule has 22 heavy (non-hydrogen) atoms. The standard InChI is InChI=1S/C16H20Cl2N2O2/c17-11-7-8-14(13(18)9-11)20-16(22)10-15(21)19-12-5-3-1-2-4-6-12/h7-9,12H,1-6,10H2,(H,19,21)(H,20,22). The molecule has 0 heterocycles. The second-order valence-corrected chi connectivity index (χ2v) is 6.45. The van der Waals surface area contributed by atoms with Gasteiger partial charge in [-0.05, 0) is 31.0 Å². The lowest BCUT2D eigenvalue weighted by Gasteiger charge is -2.16. The first-order chi connectivity index (χ1) is 10.5. The minimum absolute atomic E-state index is 0.196. The van der Waals surface area contributed by atoms with Gasteiger partial charge in [-0.1, -0.05) is 48.9 Å². The molecule has 1 aliphatic rings. The van der Waals surface area contributed by atoms with Crippen molar-refractivity contribution in [3.8, 4) is 0 Å². The molecule has 2 amide bonds. The highest BCUT2D eigenvalue weighted by molar-refractivity contribution is 6.36. The number of amides is 2. The zero-order chi connectivity index (χ0) is 15.9. The van der Waals surface area contributed by atoms with Crippen LogP contribution in [0.3, 0.4) is 0 Å². The van der Waals surface area contributed by atoms with Crippen LogP contribution in [0.4, 0.5) is 5.69 Å². The molecular formula is C16H20Cl2N2O2. The van der Waals surface area contributed by atoms with Gasteiger partial charge in [0.15, 0.2) is 0 Å². The highest BCUT2D eigenvalue weighted by atomic mass is 35.5. The summed E-state index contributed by atoms with van der Waals surface area (Å²) in [5.41, 5.74) is 0.457. The summed E-state index contributed by atoms with van der Waals surface area (Å²) in [5.74, 6) is -0.621. The van der Waals surface area contributed by atoms with E-state index in [0.717, 1.165) is 25.7 Å². The summed E-state index contributed by atoms with van der Waals surface area (Å²) >= 11 is 11.8. The number of carbonyl (C=O) groups excluding carboxylic acids is 2. The highest BCUT2D eigenvalue weighted by Crippen LogP contribution is 2.25. The fraction of sp³-hybridized carbons (Fsp3) is 0.500. The van der Waals surface area contributed by atoms with Gasteiger partial charge in [0.1, 0.15) is 6.42 Å². The average Bonchev–Trinajstić information content (AvgIpc) is 2.70. The lowest BCUT2D eigenvalue weighted by Crippen LogP contribution is -2.36. The summed E-state index contributed by atoms with van der Waals surface area (Å²) in [6.07, 6.45) is 6.51. The average molecular weight is 343 g/mol. The first-order valence-electron chi connectivity index (χ1n) is 7.59. The number of benzene rings is 1. The molecule has 0 aliphatic heterocycles. The van der Waals surface area contributed by atoms with E-state index in [1.807, 2.05) is 0 Å². The first-order valence-corrected chi connectivity index (χ1v) is 8.34. The predicted molar refractivity (Wildman–Crippen MR) is 89.3 cm³/mol. The Morgan fingerprint density at radius 3 is 2.36 bits per heavy atom. The second kappa shape index (κ2) is 8.39. The topological polar surface area (TPSA) is 58.2 Å². The van der Waals surface area contributed by atoms with Crippen LogP contribution in [0.2, 0.25) is 10.0 Å². The van der Waals surface area contributed by atoms with E-state index in [4.69, 9.17) is 23.2 Å². The molecule has 0 atom stereocenters. The lowest BCUT2D eigenvalue weighted by atomic mass is 10.1. The second-order valence-electron chi connectivity index (χ2n) is 5.61.